The molecule has 0 saturated carbocycles. The number of halogens is 4. The van der Waals surface area contributed by atoms with Gasteiger partial charge in [0.25, 0.3) is 0 Å². The lowest BCUT2D eigenvalue weighted by Crippen LogP contribution is -2.06. The first-order chi connectivity index (χ1) is 9.82. The summed E-state index contributed by atoms with van der Waals surface area (Å²) >= 11 is 5.77. The van der Waals surface area contributed by atoms with Crippen LogP contribution in [-0.2, 0) is 10.9 Å². The number of rotatable bonds is 2. The van der Waals surface area contributed by atoms with Crippen LogP contribution in [0.2, 0.25) is 5.02 Å². The van der Waals surface area contributed by atoms with Gasteiger partial charge in [0.15, 0.2) is 0 Å². The fourth-order valence-corrected chi connectivity index (χ4v) is 1.91. The molecular weight excluding hydrogens is 307 g/mol. The quantitative estimate of drug-likeness (QED) is 0.779. The van der Waals surface area contributed by atoms with Crippen molar-refractivity contribution in [1.82, 2.24) is 4.98 Å². The number of nitrogens with zero attached hydrogens (tertiary/aromatic N) is 1. The molecule has 0 amide bonds. The molecule has 7 heteroatoms. The Morgan fingerprint density at radius 1 is 1.24 bits per heavy atom. The van der Waals surface area contributed by atoms with Crippen LogP contribution >= 0.6 is 11.6 Å². The second-order valence-corrected chi connectivity index (χ2v) is 4.55. The van der Waals surface area contributed by atoms with Crippen LogP contribution in [0.5, 0.6) is 0 Å². The number of hydrogen-bond acceptors (Lipinski definition) is 3. The first-order valence-electron chi connectivity index (χ1n) is 5.74. The van der Waals surface area contributed by atoms with Gasteiger partial charge in [-0.25, -0.2) is 4.79 Å². The lowest BCUT2D eigenvalue weighted by molar-refractivity contribution is -0.137. The Morgan fingerprint density at radius 3 is 2.38 bits per heavy atom. The van der Waals surface area contributed by atoms with Gasteiger partial charge in [0.05, 0.1) is 29.0 Å². The number of carbonyl (C=O) groups is 1. The number of pyridine rings is 1. The summed E-state index contributed by atoms with van der Waals surface area (Å²) in [6.07, 6.45) is -3.11. The molecular formula is C14H9ClF3NO2. The molecule has 0 fully saturated rings. The monoisotopic (exact) mass is 315 g/mol. The molecule has 1 heterocycles. The van der Waals surface area contributed by atoms with Crippen molar-refractivity contribution in [1.29, 1.82) is 0 Å². The number of benzene rings is 1. The number of hydrogen-bond donors (Lipinski definition) is 0. The van der Waals surface area contributed by atoms with Crippen LogP contribution in [0.15, 0.2) is 36.5 Å². The molecule has 3 nitrogen and oxygen atoms in total. The van der Waals surface area contributed by atoms with E-state index < -0.39 is 17.7 Å². The normalized spacial score (nSPS) is 11.3. The molecule has 0 N–H and O–H groups in total. The van der Waals surface area contributed by atoms with E-state index in [2.05, 4.69) is 9.72 Å². The fourth-order valence-electron chi connectivity index (χ4n) is 1.75. The van der Waals surface area contributed by atoms with Crippen LogP contribution in [0.3, 0.4) is 0 Å². The second kappa shape index (κ2) is 5.73. The zero-order valence-electron chi connectivity index (χ0n) is 10.7. The molecule has 0 unspecified atom stereocenters. The van der Waals surface area contributed by atoms with Crippen LogP contribution in [0.25, 0.3) is 11.3 Å². The van der Waals surface area contributed by atoms with Gasteiger partial charge >= 0.3 is 12.1 Å². The summed E-state index contributed by atoms with van der Waals surface area (Å²) in [4.78, 5) is 15.7. The highest BCUT2D eigenvalue weighted by Gasteiger charge is 2.30. The molecule has 110 valence electrons. The van der Waals surface area contributed by atoms with Crippen molar-refractivity contribution in [2.24, 2.45) is 0 Å². The van der Waals surface area contributed by atoms with Crippen molar-refractivity contribution in [3.8, 4) is 11.3 Å². The fraction of sp³-hybridized carbons (Fsp3) is 0.143. The van der Waals surface area contributed by atoms with Crippen molar-refractivity contribution in [2.45, 2.75) is 6.18 Å². The Hall–Kier alpha value is -2.08. The first-order valence-corrected chi connectivity index (χ1v) is 6.12. The molecule has 0 aliphatic rings. The Kier molecular flexibility index (Phi) is 4.18. The Labute approximate surface area is 123 Å². The molecule has 0 aliphatic heterocycles. The summed E-state index contributed by atoms with van der Waals surface area (Å²) in [5, 5.41) is 0.228. The Balaban J connectivity index is 2.49. The van der Waals surface area contributed by atoms with Gasteiger partial charge in [-0.1, -0.05) is 23.7 Å². The van der Waals surface area contributed by atoms with Gasteiger partial charge in [0.1, 0.15) is 0 Å². The van der Waals surface area contributed by atoms with E-state index in [-0.39, 0.29) is 16.3 Å². The van der Waals surface area contributed by atoms with Gasteiger partial charge in [0, 0.05) is 11.8 Å². The number of ether oxygens (including phenoxy) is 1. The third-order valence-corrected chi connectivity index (χ3v) is 2.95. The highest BCUT2D eigenvalue weighted by Crippen LogP contribution is 2.31. The zero-order valence-corrected chi connectivity index (χ0v) is 11.5. The zero-order chi connectivity index (χ0) is 15.6. The molecule has 1 aromatic heterocycles. The summed E-state index contributed by atoms with van der Waals surface area (Å²) < 4.78 is 42.2. The highest BCUT2D eigenvalue weighted by molar-refractivity contribution is 6.30. The lowest BCUT2D eigenvalue weighted by atomic mass is 10.0. The number of esters is 1. The third kappa shape index (κ3) is 3.33. The maximum Gasteiger partial charge on any atom is 0.416 e. The van der Waals surface area contributed by atoms with Crippen LogP contribution in [0.1, 0.15) is 15.9 Å². The van der Waals surface area contributed by atoms with Gasteiger partial charge in [-0.2, -0.15) is 13.2 Å². The topological polar surface area (TPSA) is 39.2 Å². The summed E-state index contributed by atoms with van der Waals surface area (Å²) in [7, 11) is 1.19. The number of aromatic nitrogens is 1. The van der Waals surface area contributed by atoms with E-state index in [9.17, 15) is 18.0 Å². The molecule has 2 aromatic rings. The van der Waals surface area contributed by atoms with Crippen LogP contribution in [0, 0.1) is 0 Å². The van der Waals surface area contributed by atoms with E-state index in [1.54, 1.807) is 0 Å². The van der Waals surface area contributed by atoms with Crippen LogP contribution in [-0.4, -0.2) is 18.1 Å². The van der Waals surface area contributed by atoms with Gasteiger partial charge in [-0.05, 0) is 18.2 Å². The van der Waals surface area contributed by atoms with Crippen molar-refractivity contribution in [2.75, 3.05) is 7.11 Å². The minimum Gasteiger partial charge on any atom is -0.465 e. The third-order valence-electron chi connectivity index (χ3n) is 2.75. The first kappa shape index (κ1) is 15.3. The Morgan fingerprint density at radius 2 is 1.86 bits per heavy atom. The van der Waals surface area contributed by atoms with E-state index >= 15 is 0 Å². The summed E-state index contributed by atoms with van der Waals surface area (Å²) in [5.41, 5.74) is -0.121. The van der Waals surface area contributed by atoms with Gasteiger partial charge in [0.2, 0.25) is 0 Å². The van der Waals surface area contributed by atoms with Crippen molar-refractivity contribution >= 4 is 17.6 Å². The van der Waals surface area contributed by atoms with E-state index in [1.807, 2.05) is 0 Å². The van der Waals surface area contributed by atoms with Gasteiger partial charge in [-0.15, -0.1) is 0 Å². The van der Waals surface area contributed by atoms with E-state index in [4.69, 9.17) is 11.6 Å². The molecule has 0 spiro atoms. The Bertz CT molecular complexity index is 669. The molecule has 21 heavy (non-hydrogen) atoms. The average Bonchev–Trinajstić information content (AvgIpc) is 2.45. The predicted molar refractivity (Wildman–Crippen MR) is 71.0 cm³/mol. The van der Waals surface area contributed by atoms with E-state index in [0.717, 1.165) is 12.1 Å². The number of methoxy groups -OCH3 is 1. The van der Waals surface area contributed by atoms with E-state index in [0.29, 0.717) is 5.56 Å². The minimum absolute atomic E-state index is 0.0877. The van der Waals surface area contributed by atoms with Crippen LogP contribution < -0.4 is 0 Å². The molecule has 0 saturated heterocycles. The van der Waals surface area contributed by atoms with E-state index in [1.165, 1.54) is 31.5 Å². The standard InChI is InChI=1S/C14H9ClF3NO2/c1-21-13(20)11-6-10(15)7-19-12(11)8-2-4-9(5-3-8)14(16,17)18/h2-7H,1H3. The predicted octanol–water partition coefficient (Wildman–Crippen LogP) is 4.21. The lowest BCUT2D eigenvalue weighted by Gasteiger charge is -2.10. The largest absolute Gasteiger partial charge is 0.465 e. The smallest absolute Gasteiger partial charge is 0.416 e. The maximum atomic E-state index is 12.5. The number of alkyl halides is 3. The van der Waals surface area contributed by atoms with Crippen molar-refractivity contribution < 1.29 is 22.7 Å². The average molecular weight is 316 g/mol. The van der Waals surface area contributed by atoms with Crippen molar-refractivity contribution in [3.05, 3.63) is 52.7 Å². The van der Waals surface area contributed by atoms with Gasteiger partial charge < -0.3 is 4.74 Å². The summed E-state index contributed by atoms with van der Waals surface area (Å²) in [5.74, 6) is -0.667. The molecule has 0 bridgehead atoms. The minimum atomic E-state index is -4.42. The molecule has 0 atom stereocenters. The maximum absolute atomic E-state index is 12.5. The highest BCUT2D eigenvalue weighted by atomic mass is 35.5. The molecule has 2 rings (SSSR count). The second-order valence-electron chi connectivity index (χ2n) is 4.12. The van der Waals surface area contributed by atoms with Crippen LogP contribution in [0.4, 0.5) is 13.2 Å². The van der Waals surface area contributed by atoms with Gasteiger partial charge in [-0.3, -0.25) is 4.98 Å². The summed E-state index contributed by atoms with van der Waals surface area (Å²) in [6, 6.07) is 5.68. The SMILES string of the molecule is COC(=O)c1cc(Cl)cnc1-c1ccc(C(F)(F)F)cc1. The molecule has 1 aromatic carbocycles. The molecule has 0 aliphatic carbocycles. The van der Waals surface area contributed by atoms with Crippen molar-refractivity contribution in [3.63, 3.8) is 0 Å². The summed E-state index contributed by atoms with van der Waals surface area (Å²) in [6.45, 7) is 0. The molecule has 0 radical (unpaired) electrons. The number of carbonyl (C=O) groups excluding carboxylic acids is 1.